The fourth-order valence-corrected chi connectivity index (χ4v) is 6.59. The van der Waals surface area contributed by atoms with E-state index in [4.69, 9.17) is 0 Å². The highest BCUT2D eigenvalue weighted by atomic mass is 19.1. The molecular formula is C28H37FN4O3. The van der Waals surface area contributed by atoms with Gasteiger partial charge in [-0.2, -0.15) is 0 Å². The molecule has 3 amide bonds. The monoisotopic (exact) mass is 496 g/mol. The number of anilines is 1. The van der Waals surface area contributed by atoms with Crippen molar-refractivity contribution in [1.82, 2.24) is 14.8 Å². The highest BCUT2D eigenvalue weighted by molar-refractivity contribution is 6.14. The highest BCUT2D eigenvalue weighted by Crippen LogP contribution is 2.41. The number of hydrogen-bond donors (Lipinski definition) is 2. The van der Waals surface area contributed by atoms with Gasteiger partial charge in [-0.3, -0.25) is 14.4 Å². The Hall–Kier alpha value is -2.90. The third-order valence-electron chi connectivity index (χ3n) is 8.36. The Labute approximate surface area is 211 Å². The zero-order valence-corrected chi connectivity index (χ0v) is 21.4. The van der Waals surface area contributed by atoms with Crippen LogP contribution in [0.4, 0.5) is 10.1 Å². The van der Waals surface area contributed by atoms with Crippen molar-refractivity contribution in [2.75, 3.05) is 5.32 Å². The maximum atomic E-state index is 14.4. The summed E-state index contributed by atoms with van der Waals surface area (Å²) in [6.45, 7) is 3.52. The van der Waals surface area contributed by atoms with Gasteiger partial charge in [0, 0.05) is 24.4 Å². The third-order valence-corrected chi connectivity index (χ3v) is 8.36. The fourth-order valence-electron chi connectivity index (χ4n) is 6.59. The summed E-state index contributed by atoms with van der Waals surface area (Å²) in [6, 6.07) is 4.41. The third kappa shape index (κ3) is 4.39. The van der Waals surface area contributed by atoms with Crippen LogP contribution in [-0.4, -0.2) is 44.8 Å². The molecule has 1 unspecified atom stereocenters. The number of carbonyl (C=O) groups is 3. The van der Waals surface area contributed by atoms with Crippen molar-refractivity contribution in [2.24, 2.45) is 0 Å². The first-order valence-corrected chi connectivity index (χ1v) is 13.5. The predicted octanol–water partition coefficient (Wildman–Crippen LogP) is 5.13. The van der Waals surface area contributed by atoms with E-state index < -0.39 is 11.4 Å². The second-order valence-corrected chi connectivity index (χ2v) is 11.1. The second-order valence-electron chi connectivity index (χ2n) is 11.1. The van der Waals surface area contributed by atoms with Crippen molar-refractivity contribution in [1.29, 1.82) is 0 Å². The van der Waals surface area contributed by atoms with Crippen LogP contribution in [0.3, 0.4) is 0 Å². The van der Waals surface area contributed by atoms with Crippen LogP contribution in [-0.2, 0) is 16.1 Å². The number of fused-ring (bicyclic) bond motifs is 3. The molecule has 0 radical (unpaired) electrons. The lowest BCUT2D eigenvalue weighted by atomic mass is 9.88. The van der Waals surface area contributed by atoms with Gasteiger partial charge in [-0.25, -0.2) is 4.39 Å². The highest BCUT2D eigenvalue weighted by Gasteiger charge is 2.51. The number of nitrogens with one attached hydrogen (secondary N) is 2. The van der Waals surface area contributed by atoms with Crippen LogP contribution in [0, 0.1) is 5.82 Å². The number of benzene rings is 1. The summed E-state index contributed by atoms with van der Waals surface area (Å²) in [6.07, 6.45) is 11.3. The molecule has 8 heteroatoms. The smallest absolute Gasteiger partial charge is 0.273 e. The van der Waals surface area contributed by atoms with Crippen LogP contribution in [0.5, 0.6) is 0 Å². The van der Waals surface area contributed by atoms with Crippen molar-refractivity contribution in [3.63, 3.8) is 0 Å². The standard InChI is InChI=1S/C28H37FN4O3/c1-18(34)30-24-22-16-19(29)14-15-23(22)32-17-28(2,27(36)31-20-10-6-5-7-11-20)33(26(35)25(24)32)21-12-8-3-4-9-13-21/h14-16,20-21H,3-13,17H2,1-2H3,(H,30,34)(H,31,36). The van der Waals surface area contributed by atoms with E-state index in [1.165, 1.54) is 25.5 Å². The number of rotatable bonds is 4. The molecule has 2 saturated carbocycles. The molecule has 36 heavy (non-hydrogen) atoms. The zero-order valence-electron chi connectivity index (χ0n) is 21.4. The Morgan fingerprint density at radius 3 is 2.31 bits per heavy atom. The van der Waals surface area contributed by atoms with Gasteiger partial charge in [0.25, 0.3) is 5.91 Å². The molecular weight excluding hydrogens is 459 g/mol. The topological polar surface area (TPSA) is 83.4 Å². The molecule has 5 rings (SSSR count). The normalized spacial score (nSPS) is 23.9. The number of amides is 3. The average Bonchev–Trinajstić information content (AvgIpc) is 2.99. The van der Waals surface area contributed by atoms with E-state index >= 15 is 0 Å². The fraction of sp³-hybridized carbons (Fsp3) is 0.607. The van der Waals surface area contributed by atoms with Gasteiger partial charge < -0.3 is 20.1 Å². The van der Waals surface area contributed by atoms with E-state index in [2.05, 4.69) is 10.6 Å². The number of aromatic nitrogens is 1. The first kappa shape index (κ1) is 24.8. The Kier molecular flexibility index (Phi) is 6.79. The van der Waals surface area contributed by atoms with Gasteiger partial charge in [0.15, 0.2) is 0 Å². The van der Waals surface area contributed by atoms with E-state index in [-0.39, 0.29) is 36.3 Å². The SMILES string of the molecule is CC(=O)Nc1c2n(c3ccc(F)cc13)CC(C)(C(=O)NC1CCCCC1)N(C1CCCCCC1)C2=O. The minimum atomic E-state index is -1.09. The molecule has 194 valence electrons. The van der Waals surface area contributed by atoms with E-state index in [1.54, 1.807) is 6.07 Å². The van der Waals surface area contributed by atoms with Crippen molar-refractivity contribution in [2.45, 2.75) is 109 Å². The molecule has 2 fully saturated rings. The number of nitrogens with zero attached hydrogens (tertiary/aromatic N) is 2. The minimum absolute atomic E-state index is 0.0595. The summed E-state index contributed by atoms with van der Waals surface area (Å²) >= 11 is 0. The summed E-state index contributed by atoms with van der Waals surface area (Å²) < 4.78 is 16.1. The molecule has 0 spiro atoms. The van der Waals surface area contributed by atoms with Crippen LogP contribution in [0.1, 0.15) is 95.0 Å². The van der Waals surface area contributed by atoms with Gasteiger partial charge in [0.05, 0.1) is 17.7 Å². The molecule has 2 aliphatic carbocycles. The number of halogens is 1. The summed E-state index contributed by atoms with van der Waals surface area (Å²) in [5.74, 6) is -1.16. The maximum Gasteiger partial charge on any atom is 0.273 e. The van der Waals surface area contributed by atoms with Gasteiger partial charge in [-0.15, -0.1) is 0 Å². The maximum absolute atomic E-state index is 14.4. The van der Waals surface area contributed by atoms with E-state index in [1.807, 2.05) is 16.4 Å². The Bertz CT molecular complexity index is 1180. The van der Waals surface area contributed by atoms with Gasteiger partial charge in [-0.1, -0.05) is 44.9 Å². The number of hydrogen-bond acceptors (Lipinski definition) is 3. The van der Waals surface area contributed by atoms with E-state index in [9.17, 15) is 18.8 Å². The lowest BCUT2D eigenvalue weighted by Crippen LogP contribution is -2.67. The zero-order chi connectivity index (χ0) is 25.4. The molecule has 0 saturated heterocycles. The van der Waals surface area contributed by atoms with Crippen molar-refractivity contribution in [3.8, 4) is 0 Å². The van der Waals surface area contributed by atoms with E-state index in [0.29, 0.717) is 22.3 Å². The van der Waals surface area contributed by atoms with Crippen molar-refractivity contribution < 1.29 is 18.8 Å². The number of carbonyl (C=O) groups excluding carboxylic acids is 3. The molecule has 3 aliphatic rings. The predicted molar refractivity (Wildman–Crippen MR) is 137 cm³/mol. The van der Waals surface area contributed by atoms with E-state index in [0.717, 1.165) is 64.2 Å². The summed E-state index contributed by atoms with van der Waals surface area (Å²) in [4.78, 5) is 42.3. The Morgan fingerprint density at radius 1 is 1.00 bits per heavy atom. The van der Waals surface area contributed by atoms with Crippen LogP contribution in [0.25, 0.3) is 10.9 Å². The first-order valence-electron chi connectivity index (χ1n) is 13.5. The summed E-state index contributed by atoms with van der Waals surface area (Å²) in [5, 5.41) is 6.56. The Morgan fingerprint density at radius 2 is 1.64 bits per heavy atom. The van der Waals surface area contributed by atoms with Crippen LogP contribution < -0.4 is 10.6 Å². The second kappa shape index (κ2) is 9.87. The van der Waals surface area contributed by atoms with Crippen LogP contribution in [0.2, 0.25) is 0 Å². The Balaban J connectivity index is 1.64. The van der Waals surface area contributed by atoms with Gasteiger partial charge in [-0.05, 0) is 50.8 Å². The quantitative estimate of drug-likeness (QED) is 0.576. The molecule has 2 N–H and O–H groups in total. The molecule has 2 aromatic rings. The van der Waals surface area contributed by atoms with Crippen molar-refractivity contribution in [3.05, 3.63) is 29.7 Å². The van der Waals surface area contributed by atoms with Crippen molar-refractivity contribution >= 4 is 34.3 Å². The van der Waals surface area contributed by atoms with Crippen LogP contribution >= 0.6 is 0 Å². The van der Waals surface area contributed by atoms with Gasteiger partial charge in [0.1, 0.15) is 17.1 Å². The summed E-state index contributed by atoms with van der Waals surface area (Å²) in [5.41, 5.74) is 0.207. The van der Waals surface area contributed by atoms with Gasteiger partial charge >= 0.3 is 0 Å². The minimum Gasteiger partial charge on any atom is -0.351 e. The molecule has 1 atom stereocenters. The molecule has 1 aromatic heterocycles. The molecule has 0 bridgehead atoms. The molecule has 1 aromatic carbocycles. The molecule has 1 aliphatic heterocycles. The lowest BCUT2D eigenvalue weighted by molar-refractivity contribution is -0.135. The molecule has 7 nitrogen and oxygen atoms in total. The average molecular weight is 497 g/mol. The lowest BCUT2D eigenvalue weighted by Gasteiger charge is -2.48. The van der Waals surface area contributed by atoms with Gasteiger partial charge in [0.2, 0.25) is 11.8 Å². The van der Waals surface area contributed by atoms with Crippen LogP contribution in [0.15, 0.2) is 18.2 Å². The largest absolute Gasteiger partial charge is 0.351 e. The first-order chi connectivity index (χ1) is 17.3. The molecule has 2 heterocycles. The summed E-state index contributed by atoms with van der Waals surface area (Å²) in [7, 11) is 0.